The van der Waals surface area contributed by atoms with Crippen molar-refractivity contribution in [2.45, 2.75) is 6.54 Å². The molecule has 0 bridgehead atoms. The van der Waals surface area contributed by atoms with E-state index < -0.39 is 0 Å². The van der Waals surface area contributed by atoms with Crippen LogP contribution in [0.2, 0.25) is 0 Å². The molecule has 0 fully saturated rings. The maximum absolute atomic E-state index is 11.6. The quantitative estimate of drug-likeness (QED) is 0.809. The molecule has 0 saturated heterocycles. The highest BCUT2D eigenvalue weighted by molar-refractivity contribution is 7.10. The van der Waals surface area contributed by atoms with Gasteiger partial charge in [0.1, 0.15) is 12.9 Å². The Morgan fingerprint density at radius 1 is 1.56 bits per heavy atom. The Labute approximate surface area is 107 Å². The summed E-state index contributed by atoms with van der Waals surface area (Å²) in [5, 5.41) is 16.8. The van der Waals surface area contributed by atoms with E-state index in [1.54, 1.807) is 0 Å². The third-order valence-electron chi connectivity index (χ3n) is 2.13. The number of hydrogen-bond acceptors (Lipinski definition) is 5. The first-order valence-corrected chi connectivity index (χ1v) is 6.04. The summed E-state index contributed by atoms with van der Waals surface area (Å²) < 4.78 is 4.59. The average Bonchev–Trinajstić information content (AvgIpc) is 3.04. The van der Waals surface area contributed by atoms with Gasteiger partial charge in [0, 0.05) is 16.5 Å². The first-order valence-electron chi connectivity index (χ1n) is 5.16. The maximum Gasteiger partial charge on any atom is 0.273 e. The van der Waals surface area contributed by atoms with Gasteiger partial charge in [-0.1, -0.05) is 17.0 Å². The Morgan fingerprint density at radius 2 is 2.44 bits per heavy atom. The van der Waals surface area contributed by atoms with E-state index in [1.807, 2.05) is 11.4 Å². The van der Waals surface area contributed by atoms with Crippen molar-refractivity contribution in [1.29, 1.82) is 0 Å². The molecule has 2 rings (SSSR count). The van der Waals surface area contributed by atoms with Gasteiger partial charge in [-0.25, -0.2) is 0 Å². The summed E-state index contributed by atoms with van der Waals surface area (Å²) in [6, 6.07) is 3.35. The maximum atomic E-state index is 11.6. The van der Waals surface area contributed by atoms with Crippen LogP contribution in [0.1, 0.15) is 20.9 Å². The van der Waals surface area contributed by atoms with Gasteiger partial charge in [0.2, 0.25) is 0 Å². The lowest BCUT2D eigenvalue weighted by atomic mass is 10.2. The summed E-state index contributed by atoms with van der Waals surface area (Å²) in [5.41, 5.74) is 1.06. The Balaban J connectivity index is 1.98. The second-order valence-electron chi connectivity index (χ2n) is 3.28. The molecule has 0 saturated carbocycles. The van der Waals surface area contributed by atoms with Gasteiger partial charge in [0.15, 0.2) is 5.69 Å². The molecule has 0 radical (unpaired) electrons. The summed E-state index contributed by atoms with van der Waals surface area (Å²) in [7, 11) is 0. The minimum absolute atomic E-state index is 0.180. The van der Waals surface area contributed by atoms with Gasteiger partial charge in [-0.3, -0.25) is 4.79 Å². The summed E-state index contributed by atoms with van der Waals surface area (Å²) in [6.45, 7) is 0.194. The number of amides is 1. The largest absolute Gasteiger partial charge is 0.384 e. The van der Waals surface area contributed by atoms with Crippen LogP contribution >= 0.6 is 11.3 Å². The number of carbonyl (C=O) groups excluding carboxylic acids is 1. The zero-order valence-corrected chi connectivity index (χ0v) is 10.2. The minimum Gasteiger partial charge on any atom is -0.384 e. The van der Waals surface area contributed by atoms with E-state index in [0.29, 0.717) is 6.54 Å². The summed E-state index contributed by atoms with van der Waals surface area (Å²) in [4.78, 5) is 12.6. The van der Waals surface area contributed by atoms with E-state index in [0.717, 1.165) is 10.4 Å². The smallest absolute Gasteiger partial charge is 0.273 e. The van der Waals surface area contributed by atoms with Gasteiger partial charge in [0.25, 0.3) is 5.91 Å². The van der Waals surface area contributed by atoms with Gasteiger partial charge < -0.3 is 14.9 Å². The van der Waals surface area contributed by atoms with E-state index >= 15 is 0 Å². The lowest BCUT2D eigenvalue weighted by Gasteiger charge is -2.01. The van der Waals surface area contributed by atoms with Gasteiger partial charge in [0.05, 0.1) is 6.54 Å². The van der Waals surface area contributed by atoms with Gasteiger partial charge in [-0.2, -0.15) is 0 Å². The van der Waals surface area contributed by atoms with Crippen molar-refractivity contribution in [2.75, 3.05) is 6.61 Å². The Kier molecular flexibility index (Phi) is 4.12. The first kappa shape index (κ1) is 12.4. The third-order valence-corrected chi connectivity index (χ3v) is 3.05. The molecule has 2 N–H and O–H groups in total. The molecule has 1 amide bonds. The molecule has 0 aliphatic heterocycles. The molecule has 2 aromatic heterocycles. The molecule has 0 spiro atoms. The normalized spacial score (nSPS) is 9.61. The fourth-order valence-corrected chi connectivity index (χ4v) is 2.07. The molecule has 0 unspecified atom stereocenters. The van der Waals surface area contributed by atoms with Crippen molar-refractivity contribution >= 4 is 17.2 Å². The number of rotatable bonds is 3. The van der Waals surface area contributed by atoms with Crippen molar-refractivity contribution in [3.05, 3.63) is 39.9 Å². The van der Waals surface area contributed by atoms with E-state index in [1.165, 1.54) is 23.7 Å². The molecule has 2 aromatic rings. The molecule has 0 aliphatic carbocycles. The minimum atomic E-state index is -0.293. The van der Waals surface area contributed by atoms with Crippen molar-refractivity contribution in [2.24, 2.45) is 0 Å². The zero-order valence-electron chi connectivity index (χ0n) is 9.34. The van der Waals surface area contributed by atoms with E-state index in [-0.39, 0.29) is 18.2 Å². The monoisotopic (exact) mass is 262 g/mol. The fraction of sp³-hybridized carbons (Fsp3) is 0.167. The van der Waals surface area contributed by atoms with Crippen LogP contribution in [0.15, 0.2) is 28.3 Å². The second-order valence-corrected chi connectivity index (χ2v) is 4.29. The van der Waals surface area contributed by atoms with Gasteiger partial charge in [-0.05, 0) is 11.4 Å². The predicted molar refractivity (Wildman–Crippen MR) is 66.0 cm³/mol. The van der Waals surface area contributed by atoms with E-state index in [2.05, 4.69) is 26.8 Å². The standard InChI is InChI=1S/C12H10N2O3S/c15-5-1-2-9-4-7-18-11(9)8-13-12(16)10-3-6-17-14-10/h3-4,6-7,15H,5,8H2,(H,13,16). The summed E-state index contributed by atoms with van der Waals surface area (Å²) in [5.74, 6) is 5.11. The number of aromatic nitrogens is 1. The van der Waals surface area contributed by atoms with Crippen LogP contribution in [0.25, 0.3) is 0 Å². The van der Waals surface area contributed by atoms with Gasteiger partial charge >= 0.3 is 0 Å². The topological polar surface area (TPSA) is 75.4 Å². The van der Waals surface area contributed by atoms with Crippen LogP contribution in [0, 0.1) is 11.8 Å². The van der Waals surface area contributed by atoms with Crippen molar-refractivity contribution in [1.82, 2.24) is 10.5 Å². The summed E-state index contributed by atoms with van der Waals surface area (Å²) >= 11 is 1.50. The van der Waals surface area contributed by atoms with Crippen molar-refractivity contribution in [3.8, 4) is 11.8 Å². The molecule has 5 nitrogen and oxygen atoms in total. The fourth-order valence-electron chi connectivity index (χ4n) is 1.30. The number of nitrogens with zero attached hydrogens (tertiary/aromatic N) is 1. The van der Waals surface area contributed by atoms with Crippen LogP contribution in [-0.4, -0.2) is 22.8 Å². The van der Waals surface area contributed by atoms with E-state index in [9.17, 15) is 4.79 Å². The zero-order chi connectivity index (χ0) is 12.8. The lowest BCUT2D eigenvalue weighted by molar-refractivity contribution is 0.0942. The number of hydrogen-bond donors (Lipinski definition) is 2. The van der Waals surface area contributed by atoms with Crippen LogP contribution in [0.3, 0.4) is 0 Å². The molecule has 6 heteroatoms. The third kappa shape index (κ3) is 2.97. The Morgan fingerprint density at radius 3 is 3.17 bits per heavy atom. The highest BCUT2D eigenvalue weighted by Crippen LogP contribution is 2.15. The molecular weight excluding hydrogens is 252 g/mol. The number of aliphatic hydroxyl groups excluding tert-OH is 1. The highest BCUT2D eigenvalue weighted by Gasteiger charge is 2.09. The lowest BCUT2D eigenvalue weighted by Crippen LogP contribution is -2.22. The first-order chi connectivity index (χ1) is 8.81. The molecule has 0 aliphatic rings. The van der Waals surface area contributed by atoms with Crippen LogP contribution < -0.4 is 5.32 Å². The number of thiophene rings is 1. The Bertz CT molecular complexity index is 578. The molecular formula is C12H10N2O3S. The summed E-state index contributed by atoms with van der Waals surface area (Å²) in [6.07, 6.45) is 1.35. The van der Waals surface area contributed by atoms with E-state index in [4.69, 9.17) is 5.11 Å². The molecule has 0 atom stereocenters. The van der Waals surface area contributed by atoms with Crippen molar-refractivity contribution < 1.29 is 14.4 Å². The SMILES string of the molecule is O=C(NCc1sccc1C#CCO)c1ccon1. The van der Waals surface area contributed by atoms with Crippen LogP contribution in [0.4, 0.5) is 0 Å². The van der Waals surface area contributed by atoms with Crippen molar-refractivity contribution in [3.63, 3.8) is 0 Å². The van der Waals surface area contributed by atoms with Gasteiger partial charge in [-0.15, -0.1) is 11.3 Å². The molecule has 2 heterocycles. The van der Waals surface area contributed by atoms with Crippen LogP contribution in [0.5, 0.6) is 0 Å². The molecule has 0 aromatic carbocycles. The average molecular weight is 262 g/mol. The Hall–Kier alpha value is -2.10. The predicted octanol–water partition coefficient (Wildman–Crippen LogP) is 1.01. The highest BCUT2D eigenvalue weighted by atomic mass is 32.1. The van der Waals surface area contributed by atoms with Crippen LogP contribution in [-0.2, 0) is 6.54 Å². The number of aliphatic hydroxyl groups is 1. The number of nitrogens with one attached hydrogen (secondary N) is 1. The second kappa shape index (κ2) is 6.00. The number of carbonyl (C=O) groups is 1. The molecule has 92 valence electrons. The molecule has 18 heavy (non-hydrogen) atoms.